The Morgan fingerprint density at radius 3 is 2.79 bits per heavy atom. The molecule has 1 amide bonds. The summed E-state index contributed by atoms with van der Waals surface area (Å²) < 4.78 is 13.3. The van der Waals surface area contributed by atoms with Gasteiger partial charge in [0.2, 0.25) is 0 Å². The summed E-state index contributed by atoms with van der Waals surface area (Å²) in [4.78, 5) is 21.8. The molecule has 0 aromatic carbocycles. The van der Waals surface area contributed by atoms with Gasteiger partial charge in [0, 0.05) is 48.9 Å². The van der Waals surface area contributed by atoms with Crippen LogP contribution in [-0.4, -0.2) is 74.2 Å². The summed E-state index contributed by atoms with van der Waals surface area (Å²) in [6.45, 7) is 11.6. The number of fused-ring (bicyclic) bond motifs is 3. The topological polar surface area (TPSA) is 101 Å². The second-order valence-corrected chi connectivity index (χ2v) is 11.5. The zero-order chi connectivity index (χ0) is 26.5. The van der Waals surface area contributed by atoms with Crippen molar-refractivity contribution in [2.75, 3.05) is 37.7 Å². The van der Waals surface area contributed by atoms with E-state index in [2.05, 4.69) is 32.3 Å². The quantitative estimate of drug-likeness (QED) is 0.411. The zero-order valence-corrected chi connectivity index (χ0v) is 22.5. The molecule has 2 aliphatic rings. The molecule has 6 heterocycles. The molecule has 10 heteroatoms. The Bertz CT molecular complexity index is 1470. The molecule has 1 spiro atoms. The van der Waals surface area contributed by atoms with E-state index in [9.17, 15) is 4.79 Å². The lowest BCUT2D eigenvalue weighted by Crippen LogP contribution is -2.46. The van der Waals surface area contributed by atoms with E-state index in [0.29, 0.717) is 6.61 Å². The van der Waals surface area contributed by atoms with Gasteiger partial charge in [-0.05, 0) is 65.2 Å². The Morgan fingerprint density at radius 1 is 1.16 bits per heavy atom. The van der Waals surface area contributed by atoms with Gasteiger partial charge in [-0.2, -0.15) is 5.10 Å². The highest BCUT2D eigenvalue weighted by atomic mass is 16.6. The van der Waals surface area contributed by atoms with Gasteiger partial charge >= 0.3 is 6.09 Å². The number of carbonyl (C=O) groups excluding carboxylic acids is 1. The van der Waals surface area contributed by atoms with E-state index < -0.39 is 5.60 Å². The Kier molecular flexibility index (Phi) is 5.92. The Morgan fingerprint density at radius 2 is 2.03 bits per heavy atom. The van der Waals surface area contributed by atoms with Crippen LogP contribution in [0.1, 0.15) is 47.0 Å². The maximum atomic E-state index is 12.7. The molecular formula is C28H35N7O3. The molecule has 6 rings (SSSR count). The van der Waals surface area contributed by atoms with Crippen molar-refractivity contribution in [2.45, 2.75) is 52.6 Å². The van der Waals surface area contributed by atoms with Crippen molar-refractivity contribution < 1.29 is 14.3 Å². The first-order chi connectivity index (χ1) is 18.2. The molecule has 1 N–H and O–H groups in total. The second-order valence-electron chi connectivity index (χ2n) is 11.5. The summed E-state index contributed by atoms with van der Waals surface area (Å²) in [6, 6.07) is 6.26. The van der Waals surface area contributed by atoms with Gasteiger partial charge < -0.3 is 19.3 Å². The van der Waals surface area contributed by atoms with Crippen molar-refractivity contribution in [3.8, 4) is 16.9 Å². The van der Waals surface area contributed by atoms with E-state index in [4.69, 9.17) is 14.5 Å². The van der Waals surface area contributed by atoms with Crippen LogP contribution in [0.2, 0.25) is 0 Å². The number of amides is 1. The molecule has 0 bridgehead atoms. The molecule has 1 unspecified atom stereocenters. The van der Waals surface area contributed by atoms with Crippen molar-refractivity contribution in [3.05, 3.63) is 36.8 Å². The summed E-state index contributed by atoms with van der Waals surface area (Å²) in [5, 5.41) is 12.7. The minimum Gasteiger partial charge on any atom is -0.492 e. The molecule has 200 valence electrons. The number of hydrogen-bond acceptors (Lipinski definition) is 7. The van der Waals surface area contributed by atoms with Gasteiger partial charge in [-0.3, -0.25) is 5.10 Å². The highest BCUT2D eigenvalue weighted by molar-refractivity contribution is 6.00. The van der Waals surface area contributed by atoms with Gasteiger partial charge in [0.05, 0.1) is 29.9 Å². The minimum atomic E-state index is -0.481. The largest absolute Gasteiger partial charge is 0.492 e. The molecule has 2 fully saturated rings. The van der Waals surface area contributed by atoms with E-state index in [1.54, 1.807) is 6.20 Å². The van der Waals surface area contributed by atoms with Crippen LogP contribution < -0.4 is 9.64 Å². The summed E-state index contributed by atoms with van der Waals surface area (Å²) in [7, 11) is 0. The van der Waals surface area contributed by atoms with Gasteiger partial charge in [0.1, 0.15) is 17.2 Å². The summed E-state index contributed by atoms with van der Waals surface area (Å²) in [6.07, 6.45) is 8.61. The van der Waals surface area contributed by atoms with E-state index >= 15 is 0 Å². The van der Waals surface area contributed by atoms with Gasteiger partial charge in [-0.1, -0.05) is 0 Å². The molecular weight excluding hydrogens is 482 g/mol. The standard InChI is InChI=1S/C28H35N7O3/c1-5-37-20-13-21(24-22-15-30-31-25(22)32-35(24)16-20)19-7-8-23(29-14-19)33-11-6-9-28(17-33)10-12-34(18-28)26(36)38-27(2,3)4/h7-8,13-16H,5-6,9-12,17-18H2,1-4H3,(H,31,32). The fraction of sp³-hybridized carbons (Fsp3) is 0.500. The second kappa shape index (κ2) is 9.18. The number of ether oxygens (including phenoxy) is 2. The number of nitrogens with one attached hydrogen (secondary N) is 1. The van der Waals surface area contributed by atoms with Crippen LogP contribution in [0.15, 0.2) is 36.8 Å². The van der Waals surface area contributed by atoms with Crippen molar-refractivity contribution in [2.24, 2.45) is 5.41 Å². The first-order valence-corrected chi connectivity index (χ1v) is 13.4. The number of pyridine rings is 2. The molecule has 0 aliphatic carbocycles. The summed E-state index contributed by atoms with van der Waals surface area (Å²) >= 11 is 0. The number of carbonyl (C=O) groups is 1. The third-order valence-electron chi connectivity index (χ3n) is 7.55. The van der Waals surface area contributed by atoms with Gasteiger partial charge in [-0.25, -0.2) is 14.3 Å². The SMILES string of the molecule is CCOc1cc(-c2ccc(N3CCCC4(CCN(C(=O)OC(C)(C)C)C4)C3)nc2)c2c3cn[nH]c3nn2c1. The molecule has 0 radical (unpaired) electrons. The lowest BCUT2D eigenvalue weighted by atomic mass is 9.79. The number of piperidine rings is 1. The molecule has 0 saturated carbocycles. The zero-order valence-electron chi connectivity index (χ0n) is 22.5. The lowest BCUT2D eigenvalue weighted by molar-refractivity contribution is 0.0269. The Labute approximate surface area is 221 Å². The number of hydrogen-bond donors (Lipinski definition) is 1. The lowest BCUT2D eigenvalue weighted by Gasteiger charge is -2.41. The number of anilines is 1. The molecule has 1 atom stereocenters. The monoisotopic (exact) mass is 517 g/mol. The molecule has 4 aromatic rings. The first kappa shape index (κ1) is 24.5. The fourth-order valence-electron chi connectivity index (χ4n) is 5.89. The summed E-state index contributed by atoms with van der Waals surface area (Å²) in [5.41, 5.74) is 3.30. The van der Waals surface area contributed by atoms with Crippen LogP contribution >= 0.6 is 0 Å². The predicted molar refractivity (Wildman–Crippen MR) is 146 cm³/mol. The van der Waals surface area contributed by atoms with Gasteiger partial charge in [-0.15, -0.1) is 5.10 Å². The van der Waals surface area contributed by atoms with Crippen molar-refractivity contribution >= 4 is 28.5 Å². The average Bonchev–Trinajstić information content (AvgIpc) is 3.58. The Hall–Kier alpha value is -3.82. The maximum Gasteiger partial charge on any atom is 0.410 e. The van der Waals surface area contributed by atoms with Crippen molar-refractivity contribution in [3.63, 3.8) is 0 Å². The molecule has 2 saturated heterocycles. The van der Waals surface area contributed by atoms with Crippen LogP contribution in [-0.2, 0) is 4.74 Å². The number of aromatic amines is 1. The van der Waals surface area contributed by atoms with Crippen LogP contribution in [0.5, 0.6) is 5.75 Å². The maximum absolute atomic E-state index is 12.7. The minimum absolute atomic E-state index is 0.0813. The van der Waals surface area contributed by atoms with Crippen molar-refractivity contribution in [1.29, 1.82) is 0 Å². The third-order valence-corrected chi connectivity index (χ3v) is 7.55. The molecule has 10 nitrogen and oxygen atoms in total. The first-order valence-electron chi connectivity index (χ1n) is 13.4. The molecule has 2 aliphatic heterocycles. The number of nitrogens with zero attached hydrogens (tertiary/aromatic N) is 6. The third kappa shape index (κ3) is 4.52. The highest BCUT2D eigenvalue weighted by Gasteiger charge is 2.44. The van der Waals surface area contributed by atoms with Gasteiger partial charge in [0.25, 0.3) is 0 Å². The summed E-state index contributed by atoms with van der Waals surface area (Å²) in [5.74, 6) is 1.72. The normalized spacial score (nSPS) is 20.1. The van der Waals surface area contributed by atoms with E-state index in [1.165, 1.54) is 0 Å². The smallest absolute Gasteiger partial charge is 0.410 e. The fourth-order valence-corrected chi connectivity index (χ4v) is 5.89. The number of aromatic nitrogens is 5. The number of likely N-dealkylation sites (tertiary alicyclic amines) is 1. The van der Waals surface area contributed by atoms with Crippen LogP contribution in [0.3, 0.4) is 0 Å². The van der Waals surface area contributed by atoms with Crippen LogP contribution in [0.25, 0.3) is 27.7 Å². The van der Waals surface area contributed by atoms with E-state index in [-0.39, 0.29) is 11.5 Å². The van der Waals surface area contributed by atoms with Gasteiger partial charge in [0.15, 0.2) is 5.65 Å². The molecule has 38 heavy (non-hydrogen) atoms. The van der Waals surface area contributed by atoms with E-state index in [0.717, 1.165) is 84.7 Å². The van der Waals surface area contributed by atoms with Crippen LogP contribution in [0, 0.1) is 5.41 Å². The van der Waals surface area contributed by atoms with Crippen LogP contribution in [0.4, 0.5) is 10.6 Å². The average molecular weight is 518 g/mol. The molecule has 4 aromatic heterocycles. The number of rotatable bonds is 4. The van der Waals surface area contributed by atoms with E-state index in [1.807, 2.05) is 55.6 Å². The Balaban J connectivity index is 1.24. The highest BCUT2D eigenvalue weighted by Crippen LogP contribution is 2.41. The van der Waals surface area contributed by atoms with Crippen molar-refractivity contribution in [1.82, 2.24) is 29.7 Å². The predicted octanol–water partition coefficient (Wildman–Crippen LogP) is 4.90. The number of H-pyrrole nitrogens is 1.